The van der Waals surface area contributed by atoms with Crippen LogP contribution in [0.3, 0.4) is 0 Å². The molecule has 0 aromatic heterocycles. The van der Waals surface area contributed by atoms with Crippen molar-refractivity contribution in [2.75, 3.05) is 5.75 Å². The van der Waals surface area contributed by atoms with Crippen molar-refractivity contribution in [3.8, 4) is 0 Å². The summed E-state index contributed by atoms with van der Waals surface area (Å²) in [5.74, 6) is 0.836. The summed E-state index contributed by atoms with van der Waals surface area (Å²) in [6.07, 6.45) is 3.78. The molecule has 74 valence electrons. The Balaban J connectivity index is 1.90. The number of carboxylic acids is 1. The Hall–Kier alpha value is -0.220. The Bertz CT molecular complexity index is 230. The molecule has 1 saturated carbocycles. The van der Waals surface area contributed by atoms with E-state index in [1.54, 1.807) is 11.8 Å². The summed E-state index contributed by atoms with van der Waals surface area (Å²) in [5, 5.41) is 12.0. The predicted octanol–water partition coefficient (Wildman–Crippen LogP) is 1.29. The van der Waals surface area contributed by atoms with E-state index in [2.05, 4.69) is 12.2 Å². The third-order valence-electron chi connectivity index (χ3n) is 2.72. The first-order valence-electron chi connectivity index (χ1n) is 4.73. The second-order valence-corrected chi connectivity index (χ2v) is 5.75. The summed E-state index contributed by atoms with van der Waals surface area (Å²) in [4.78, 5) is 10.7. The number of nitrogens with one attached hydrogen (secondary N) is 1. The highest BCUT2D eigenvalue weighted by molar-refractivity contribution is 8.00. The zero-order valence-corrected chi connectivity index (χ0v) is 8.56. The van der Waals surface area contributed by atoms with E-state index < -0.39 is 5.97 Å². The van der Waals surface area contributed by atoms with Crippen LogP contribution < -0.4 is 5.32 Å². The van der Waals surface area contributed by atoms with Gasteiger partial charge >= 0.3 is 5.97 Å². The van der Waals surface area contributed by atoms with Gasteiger partial charge in [0.05, 0.1) is 4.87 Å². The van der Waals surface area contributed by atoms with E-state index in [-0.39, 0.29) is 10.9 Å². The zero-order chi connectivity index (χ0) is 9.47. The molecule has 2 unspecified atom stereocenters. The highest BCUT2D eigenvalue weighted by Gasteiger charge is 2.41. The summed E-state index contributed by atoms with van der Waals surface area (Å²) in [6.45, 7) is 2.12. The minimum Gasteiger partial charge on any atom is -0.480 e. The molecule has 3 nitrogen and oxygen atoms in total. The van der Waals surface area contributed by atoms with Gasteiger partial charge in [0, 0.05) is 5.75 Å². The average molecular weight is 201 g/mol. The highest BCUT2D eigenvalue weighted by atomic mass is 32.2. The molecule has 0 aromatic rings. The SMILES string of the molecule is CC1(CC2CC2)NC(C(=O)O)CS1. The summed E-state index contributed by atoms with van der Waals surface area (Å²) in [6, 6.07) is -0.339. The van der Waals surface area contributed by atoms with Gasteiger partial charge in [-0.15, -0.1) is 11.8 Å². The fourth-order valence-corrected chi connectivity index (χ4v) is 3.18. The first-order valence-corrected chi connectivity index (χ1v) is 5.72. The molecule has 0 radical (unpaired) electrons. The van der Waals surface area contributed by atoms with Crippen LogP contribution >= 0.6 is 11.8 Å². The fourth-order valence-electron chi connectivity index (χ4n) is 1.84. The third kappa shape index (κ3) is 2.17. The van der Waals surface area contributed by atoms with E-state index in [0.29, 0.717) is 5.75 Å². The molecule has 0 aromatic carbocycles. The summed E-state index contributed by atoms with van der Waals surface area (Å²) >= 11 is 1.76. The molecule has 4 heteroatoms. The molecule has 2 rings (SSSR count). The van der Waals surface area contributed by atoms with Crippen LogP contribution in [0.15, 0.2) is 0 Å². The lowest BCUT2D eigenvalue weighted by Crippen LogP contribution is -2.43. The first kappa shape index (κ1) is 9.34. The van der Waals surface area contributed by atoms with E-state index in [0.717, 1.165) is 12.3 Å². The Morgan fingerprint density at radius 1 is 1.69 bits per heavy atom. The largest absolute Gasteiger partial charge is 0.480 e. The summed E-state index contributed by atoms with van der Waals surface area (Å²) in [7, 11) is 0. The molecule has 0 amide bonds. The van der Waals surface area contributed by atoms with Gasteiger partial charge in [-0.05, 0) is 19.3 Å². The van der Waals surface area contributed by atoms with E-state index in [9.17, 15) is 4.79 Å². The number of thioether (sulfide) groups is 1. The van der Waals surface area contributed by atoms with Crippen LogP contribution in [0.1, 0.15) is 26.2 Å². The van der Waals surface area contributed by atoms with Crippen LogP contribution in [-0.4, -0.2) is 27.7 Å². The van der Waals surface area contributed by atoms with E-state index in [1.165, 1.54) is 12.8 Å². The van der Waals surface area contributed by atoms with E-state index in [4.69, 9.17) is 5.11 Å². The maximum atomic E-state index is 10.7. The maximum Gasteiger partial charge on any atom is 0.321 e. The van der Waals surface area contributed by atoms with Gasteiger partial charge in [-0.3, -0.25) is 10.1 Å². The van der Waals surface area contributed by atoms with Gasteiger partial charge in [0.2, 0.25) is 0 Å². The molecule has 1 aliphatic heterocycles. The molecular formula is C9H15NO2S. The molecule has 13 heavy (non-hydrogen) atoms. The van der Waals surface area contributed by atoms with Crippen LogP contribution in [0.25, 0.3) is 0 Å². The average Bonchev–Trinajstić information content (AvgIpc) is 2.73. The zero-order valence-electron chi connectivity index (χ0n) is 7.75. The van der Waals surface area contributed by atoms with Crippen molar-refractivity contribution < 1.29 is 9.90 Å². The van der Waals surface area contributed by atoms with Gasteiger partial charge in [-0.2, -0.15) is 0 Å². The van der Waals surface area contributed by atoms with Crippen molar-refractivity contribution in [3.05, 3.63) is 0 Å². The van der Waals surface area contributed by atoms with Crippen molar-refractivity contribution in [1.29, 1.82) is 0 Å². The van der Waals surface area contributed by atoms with Gasteiger partial charge in [-0.25, -0.2) is 0 Å². The number of carboxylic acid groups (broad SMARTS) is 1. The number of hydrogen-bond donors (Lipinski definition) is 2. The lowest BCUT2D eigenvalue weighted by atomic mass is 10.1. The minimum atomic E-state index is -0.716. The summed E-state index contributed by atoms with van der Waals surface area (Å²) < 4.78 is 0. The molecule has 1 saturated heterocycles. The van der Waals surface area contributed by atoms with Crippen LogP contribution in [0.5, 0.6) is 0 Å². The van der Waals surface area contributed by atoms with Crippen LogP contribution in [0.2, 0.25) is 0 Å². The lowest BCUT2D eigenvalue weighted by Gasteiger charge is -2.23. The van der Waals surface area contributed by atoms with Crippen molar-refractivity contribution in [1.82, 2.24) is 5.32 Å². The minimum absolute atomic E-state index is 0.0181. The van der Waals surface area contributed by atoms with Crippen molar-refractivity contribution in [3.63, 3.8) is 0 Å². The second kappa shape index (κ2) is 3.17. The van der Waals surface area contributed by atoms with E-state index in [1.807, 2.05) is 0 Å². The Morgan fingerprint density at radius 3 is 2.85 bits per heavy atom. The maximum absolute atomic E-state index is 10.7. The molecule has 0 spiro atoms. The standard InChI is InChI=1S/C9H15NO2S/c1-9(4-6-2-3-6)10-7(5-13-9)8(11)12/h6-7,10H,2-5H2,1H3,(H,11,12). The predicted molar refractivity (Wildman–Crippen MR) is 52.8 cm³/mol. The molecule has 2 aliphatic rings. The normalized spacial score (nSPS) is 39.3. The van der Waals surface area contributed by atoms with E-state index >= 15 is 0 Å². The molecule has 2 atom stereocenters. The third-order valence-corrected chi connectivity index (χ3v) is 4.14. The van der Waals surface area contributed by atoms with Crippen molar-refractivity contribution >= 4 is 17.7 Å². The van der Waals surface area contributed by atoms with Crippen molar-refractivity contribution in [2.45, 2.75) is 37.1 Å². The highest BCUT2D eigenvalue weighted by Crippen LogP contribution is 2.43. The molecule has 1 heterocycles. The Kier molecular flexibility index (Phi) is 2.28. The summed E-state index contributed by atoms with van der Waals surface area (Å²) in [5.41, 5.74) is 0. The molecule has 1 aliphatic carbocycles. The number of carbonyl (C=O) groups is 1. The Labute approximate surface area is 82.3 Å². The molecule has 2 N–H and O–H groups in total. The smallest absolute Gasteiger partial charge is 0.321 e. The number of rotatable bonds is 3. The number of aliphatic carboxylic acids is 1. The van der Waals surface area contributed by atoms with Gasteiger partial charge < -0.3 is 5.11 Å². The second-order valence-electron chi connectivity index (χ2n) is 4.22. The van der Waals surface area contributed by atoms with Gasteiger partial charge in [0.25, 0.3) is 0 Å². The monoisotopic (exact) mass is 201 g/mol. The van der Waals surface area contributed by atoms with Crippen molar-refractivity contribution in [2.24, 2.45) is 5.92 Å². The molecule has 2 fully saturated rings. The first-order chi connectivity index (χ1) is 6.09. The van der Waals surface area contributed by atoms with Crippen LogP contribution in [0.4, 0.5) is 0 Å². The molecular weight excluding hydrogens is 186 g/mol. The topological polar surface area (TPSA) is 49.3 Å². The van der Waals surface area contributed by atoms with Crippen LogP contribution in [-0.2, 0) is 4.79 Å². The quantitative estimate of drug-likeness (QED) is 0.722. The van der Waals surface area contributed by atoms with Gasteiger partial charge in [-0.1, -0.05) is 12.8 Å². The van der Waals surface area contributed by atoms with Gasteiger partial charge in [0.1, 0.15) is 6.04 Å². The van der Waals surface area contributed by atoms with Crippen LogP contribution in [0, 0.1) is 5.92 Å². The lowest BCUT2D eigenvalue weighted by molar-refractivity contribution is -0.138. The number of hydrogen-bond acceptors (Lipinski definition) is 3. The Morgan fingerprint density at radius 2 is 2.38 bits per heavy atom. The molecule has 0 bridgehead atoms. The van der Waals surface area contributed by atoms with Gasteiger partial charge in [0.15, 0.2) is 0 Å². The fraction of sp³-hybridized carbons (Fsp3) is 0.889.